The number of sulfonamides is 1. The van der Waals surface area contributed by atoms with Crippen LogP contribution in [-0.2, 0) is 33.9 Å². The van der Waals surface area contributed by atoms with Crippen LogP contribution in [0.5, 0.6) is 0 Å². The van der Waals surface area contributed by atoms with E-state index >= 15 is 0 Å². The number of ether oxygens (including phenoxy) is 2. The number of esters is 1. The Morgan fingerprint density at radius 1 is 1.30 bits per heavy atom. The normalized spacial score (nSPS) is 25.7. The van der Waals surface area contributed by atoms with E-state index in [9.17, 15) is 22.8 Å². The molecule has 3 heterocycles. The summed E-state index contributed by atoms with van der Waals surface area (Å²) in [5.41, 5.74) is 0.843. The second-order valence-corrected chi connectivity index (χ2v) is 11.8. The van der Waals surface area contributed by atoms with Gasteiger partial charge in [-0.1, -0.05) is 6.07 Å². The summed E-state index contributed by atoms with van der Waals surface area (Å²) < 4.78 is 37.8. The first-order valence-corrected chi connectivity index (χ1v) is 13.2. The highest BCUT2D eigenvalue weighted by Gasteiger charge is 2.53. The highest BCUT2D eigenvalue weighted by atomic mass is 32.2. The monoisotopic (exact) mass is 497 g/mol. The third-order valence-corrected chi connectivity index (χ3v) is 9.67. The van der Waals surface area contributed by atoms with Crippen molar-refractivity contribution >= 4 is 45.3 Å². The summed E-state index contributed by atoms with van der Waals surface area (Å²) in [5, 5.41) is 2.58. The van der Waals surface area contributed by atoms with E-state index in [0.717, 1.165) is 0 Å². The molecule has 2 atom stereocenters. The number of carbonyl (C=O) groups excluding carboxylic acids is 3. The predicted octanol–water partition coefficient (Wildman–Crippen LogP) is 0.952. The van der Waals surface area contributed by atoms with Gasteiger partial charge < -0.3 is 19.7 Å². The smallest absolute Gasteiger partial charge is 0.330 e. The molecule has 0 aromatic heterocycles. The Balaban J connectivity index is 1.37. The van der Waals surface area contributed by atoms with Gasteiger partial charge in [-0.2, -0.15) is 4.31 Å². The molecule has 4 rings (SSSR count). The number of aryl methyl sites for hydroxylation is 1. The number of rotatable bonds is 6. The lowest BCUT2D eigenvalue weighted by Gasteiger charge is -2.29. The van der Waals surface area contributed by atoms with Crippen molar-refractivity contribution < 1.29 is 32.3 Å². The molecule has 0 radical (unpaired) electrons. The van der Waals surface area contributed by atoms with Crippen LogP contribution < -0.4 is 5.32 Å². The van der Waals surface area contributed by atoms with Crippen molar-refractivity contribution in [2.24, 2.45) is 0 Å². The number of hydrogen-bond donors (Lipinski definition) is 1. The molecule has 180 valence electrons. The Bertz CT molecular complexity index is 1070. The van der Waals surface area contributed by atoms with Crippen LogP contribution in [0, 0.1) is 6.92 Å². The fraction of sp³-hybridized carbons (Fsp3) is 0.571. The molecular formula is C21H27N3O7S2. The molecule has 3 aliphatic heterocycles. The highest BCUT2D eigenvalue weighted by Crippen LogP contribution is 2.47. The number of fused-ring (bicyclic) bond motifs is 1. The van der Waals surface area contributed by atoms with Crippen LogP contribution in [0.4, 0.5) is 5.69 Å². The summed E-state index contributed by atoms with van der Waals surface area (Å²) in [6.07, 6.45) is 1.08. The summed E-state index contributed by atoms with van der Waals surface area (Å²) in [6, 6.07) is 3.91. The first-order valence-electron chi connectivity index (χ1n) is 10.7. The summed E-state index contributed by atoms with van der Waals surface area (Å²) in [7, 11) is -3.73. The minimum absolute atomic E-state index is 0.0810. The third kappa shape index (κ3) is 4.75. The van der Waals surface area contributed by atoms with Crippen LogP contribution in [-0.4, -0.2) is 85.0 Å². The molecular weight excluding hydrogens is 470 g/mol. The van der Waals surface area contributed by atoms with Crippen LogP contribution in [0.15, 0.2) is 23.1 Å². The van der Waals surface area contributed by atoms with Crippen molar-refractivity contribution in [2.45, 2.75) is 42.5 Å². The summed E-state index contributed by atoms with van der Waals surface area (Å²) >= 11 is 1.54. The maximum absolute atomic E-state index is 13.0. The maximum atomic E-state index is 13.0. The van der Waals surface area contributed by atoms with Crippen LogP contribution >= 0.6 is 11.8 Å². The Morgan fingerprint density at radius 2 is 2.03 bits per heavy atom. The quantitative estimate of drug-likeness (QED) is 0.577. The molecule has 1 N–H and O–H groups in total. The van der Waals surface area contributed by atoms with Gasteiger partial charge in [0, 0.05) is 31.0 Å². The molecule has 2 amide bonds. The van der Waals surface area contributed by atoms with E-state index in [0.29, 0.717) is 37.4 Å². The molecule has 1 aromatic rings. The van der Waals surface area contributed by atoms with Crippen molar-refractivity contribution in [1.82, 2.24) is 9.21 Å². The van der Waals surface area contributed by atoms with Gasteiger partial charge in [0.05, 0.1) is 23.0 Å². The van der Waals surface area contributed by atoms with Crippen molar-refractivity contribution in [3.8, 4) is 0 Å². The van der Waals surface area contributed by atoms with Crippen LogP contribution in [0.3, 0.4) is 0 Å². The number of nitrogens with one attached hydrogen (secondary N) is 1. The first kappa shape index (κ1) is 24.0. The number of morpholine rings is 1. The zero-order valence-electron chi connectivity index (χ0n) is 18.5. The van der Waals surface area contributed by atoms with Crippen LogP contribution in [0.25, 0.3) is 0 Å². The molecule has 0 bridgehead atoms. The van der Waals surface area contributed by atoms with E-state index in [1.54, 1.807) is 35.7 Å². The molecule has 0 aliphatic carbocycles. The molecule has 3 aliphatic rings. The lowest BCUT2D eigenvalue weighted by Crippen LogP contribution is -2.47. The Hall–Kier alpha value is -2.15. The number of anilines is 1. The average Bonchev–Trinajstić information content (AvgIpc) is 3.29. The zero-order valence-corrected chi connectivity index (χ0v) is 20.2. The van der Waals surface area contributed by atoms with Gasteiger partial charge in [-0.3, -0.25) is 9.59 Å². The van der Waals surface area contributed by atoms with Gasteiger partial charge in [0.2, 0.25) is 15.9 Å². The first-order chi connectivity index (χ1) is 15.6. The molecule has 3 fully saturated rings. The summed E-state index contributed by atoms with van der Waals surface area (Å²) in [6.45, 7) is 4.30. The third-order valence-electron chi connectivity index (χ3n) is 6.12. The van der Waals surface area contributed by atoms with Crippen molar-refractivity contribution in [1.29, 1.82) is 0 Å². The highest BCUT2D eigenvalue weighted by molar-refractivity contribution is 8.01. The molecule has 10 nitrogen and oxygen atoms in total. The zero-order chi connectivity index (χ0) is 23.8. The number of amides is 2. The van der Waals surface area contributed by atoms with Crippen molar-refractivity contribution in [2.75, 3.05) is 44.0 Å². The van der Waals surface area contributed by atoms with Crippen LogP contribution in [0.2, 0.25) is 0 Å². The topological polar surface area (TPSA) is 122 Å². The van der Waals surface area contributed by atoms with Crippen molar-refractivity contribution in [3.63, 3.8) is 0 Å². The van der Waals surface area contributed by atoms with Gasteiger partial charge in [0.1, 0.15) is 6.04 Å². The van der Waals surface area contributed by atoms with Gasteiger partial charge >= 0.3 is 5.97 Å². The fourth-order valence-corrected chi connectivity index (χ4v) is 7.38. The largest absolute Gasteiger partial charge is 0.454 e. The number of nitrogens with zero attached hydrogens (tertiary/aromatic N) is 2. The average molecular weight is 498 g/mol. The Labute approximate surface area is 197 Å². The summed E-state index contributed by atoms with van der Waals surface area (Å²) in [5.74, 6) is -0.856. The number of thioether (sulfide) groups is 1. The Kier molecular flexibility index (Phi) is 6.72. The molecule has 12 heteroatoms. The van der Waals surface area contributed by atoms with E-state index in [4.69, 9.17) is 9.47 Å². The van der Waals surface area contributed by atoms with E-state index < -0.39 is 39.4 Å². The minimum Gasteiger partial charge on any atom is -0.454 e. The Morgan fingerprint density at radius 3 is 2.76 bits per heavy atom. The standard InChI is InChI=1S/C21H27N3O7S2/c1-14-3-4-15(11-17(14)33(28,29)23-7-9-30-10-8-23)22-18(25)12-31-20(27)16-13-32-21(2)6-5-19(26)24(16)21/h3-4,11,16H,5-10,12-13H2,1-2H3,(H,22,25)/t16-,21-/m0/s1. The van der Waals surface area contributed by atoms with Gasteiger partial charge in [0.15, 0.2) is 6.61 Å². The molecule has 3 saturated heterocycles. The number of carbonyl (C=O) groups is 3. The predicted molar refractivity (Wildman–Crippen MR) is 121 cm³/mol. The minimum atomic E-state index is -3.73. The second-order valence-electron chi connectivity index (χ2n) is 8.42. The summed E-state index contributed by atoms with van der Waals surface area (Å²) in [4.78, 5) is 38.4. The lowest BCUT2D eigenvalue weighted by molar-refractivity contribution is -0.155. The molecule has 0 spiro atoms. The molecule has 1 aromatic carbocycles. The van der Waals surface area contributed by atoms with Gasteiger partial charge in [-0.05, 0) is 38.0 Å². The van der Waals surface area contributed by atoms with Gasteiger partial charge in [-0.15, -0.1) is 11.8 Å². The second kappa shape index (κ2) is 9.24. The number of hydrogen-bond acceptors (Lipinski definition) is 8. The SMILES string of the molecule is Cc1ccc(NC(=O)COC(=O)[C@@H]2CS[C@@]3(C)CCC(=O)N23)cc1S(=O)(=O)N1CCOCC1. The maximum Gasteiger partial charge on any atom is 0.330 e. The van der Waals surface area contributed by atoms with Gasteiger partial charge in [-0.25, -0.2) is 13.2 Å². The fourth-order valence-electron chi connectivity index (χ4n) is 4.31. The van der Waals surface area contributed by atoms with Crippen molar-refractivity contribution in [3.05, 3.63) is 23.8 Å². The number of benzene rings is 1. The molecule has 0 saturated carbocycles. The van der Waals surface area contributed by atoms with E-state index in [1.165, 1.54) is 10.4 Å². The molecule has 33 heavy (non-hydrogen) atoms. The van der Waals surface area contributed by atoms with Gasteiger partial charge in [0.25, 0.3) is 5.91 Å². The molecule has 0 unspecified atom stereocenters. The van der Waals surface area contributed by atoms with Crippen LogP contribution in [0.1, 0.15) is 25.3 Å². The van der Waals surface area contributed by atoms with E-state index in [1.807, 2.05) is 6.92 Å². The van der Waals surface area contributed by atoms with E-state index in [-0.39, 0.29) is 29.6 Å². The van der Waals surface area contributed by atoms with E-state index in [2.05, 4.69) is 5.32 Å². The lowest BCUT2D eigenvalue weighted by atomic mass is 10.2.